The van der Waals surface area contributed by atoms with Crippen LogP contribution in [-0.2, 0) is 10.2 Å². The number of rotatable bonds is 1. The van der Waals surface area contributed by atoms with E-state index >= 15 is 0 Å². The standard InChI is InChI=1S/C20H22N2O.ClH/c1-3-13-11-22(2)9-8-20-16-6-4-5-7-17(16)21-19(20)15(12-23)14(13)10-18(20)22;/h3-7,12,14,18H,8-11H2,1-2H3;1H/t14-,18+,20-,22+;/m1./s1. The Hall–Kier alpha value is -1.58. The molecule has 126 valence electrons. The number of fused-ring (bicyclic) bond motifs is 2. The number of halogens is 1. The Morgan fingerprint density at radius 1 is 1.33 bits per heavy atom. The molecule has 2 saturated heterocycles. The number of nitrogens with zero attached hydrogens (tertiary/aromatic N) is 1. The predicted molar refractivity (Wildman–Crippen MR) is 91.0 cm³/mol. The second kappa shape index (κ2) is 4.96. The maximum atomic E-state index is 12.0. The fourth-order valence-electron chi connectivity index (χ4n) is 6.07. The van der Waals surface area contributed by atoms with Crippen molar-refractivity contribution in [2.45, 2.75) is 31.2 Å². The minimum absolute atomic E-state index is 0. The van der Waals surface area contributed by atoms with Crippen LogP contribution in [0.15, 0.2) is 47.2 Å². The van der Waals surface area contributed by atoms with Crippen LogP contribution in [-0.4, -0.2) is 36.9 Å². The van der Waals surface area contributed by atoms with Crippen molar-refractivity contribution in [3.8, 4) is 0 Å². The van der Waals surface area contributed by atoms with Crippen LogP contribution in [0.25, 0.3) is 0 Å². The first-order chi connectivity index (χ1) is 11.1. The molecular weight excluding hydrogens is 320 g/mol. The molecule has 3 heterocycles. The van der Waals surface area contributed by atoms with Gasteiger partial charge in [0.15, 0.2) is 0 Å². The van der Waals surface area contributed by atoms with Crippen molar-refractivity contribution in [3.05, 3.63) is 52.7 Å². The van der Waals surface area contributed by atoms with Gasteiger partial charge < -0.3 is 22.2 Å². The molecule has 3 nitrogen and oxygen atoms in total. The Morgan fingerprint density at radius 3 is 2.88 bits per heavy atom. The van der Waals surface area contributed by atoms with Crippen molar-refractivity contribution in [2.75, 3.05) is 25.5 Å². The summed E-state index contributed by atoms with van der Waals surface area (Å²) in [6.45, 7) is 4.42. The Labute approximate surface area is 149 Å². The van der Waals surface area contributed by atoms with E-state index in [4.69, 9.17) is 0 Å². The second-order valence-corrected chi connectivity index (χ2v) is 7.87. The van der Waals surface area contributed by atoms with Crippen LogP contribution >= 0.6 is 0 Å². The molecule has 4 aliphatic rings. The first-order valence-corrected chi connectivity index (χ1v) is 8.70. The quantitative estimate of drug-likeness (QED) is 0.442. The van der Waals surface area contributed by atoms with E-state index in [-0.39, 0.29) is 17.8 Å². The molecule has 1 aromatic rings. The lowest BCUT2D eigenvalue weighted by molar-refractivity contribution is -0.923. The third kappa shape index (κ3) is 1.60. The summed E-state index contributed by atoms with van der Waals surface area (Å²) in [5.41, 5.74) is 6.35. The number of allylic oxidation sites excluding steroid dienone is 2. The highest BCUT2D eigenvalue weighted by atomic mass is 35.5. The third-order valence-corrected chi connectivity index (χ3v) is 7.06. The van der Waals surface area contributed by atoms with Gasteiger partial charge in [-0.3, -0.25) is 4.79 Å². The molecule has 4 heteroatoms. The molecule has 0 radical (unpaired) electrons. The highest BCUT2D eigenvalue weighted by molar-refractivity contribution is 5.84. The van der Waals surface area contributed by atoms with Gasteiger partial charge in [-0.2, -0.15) is 0 Å². The summed E-state index contributed by atoms with van der Waals surface area (Å²) < 4.78 is 1.13. The Morgan fingerprint density at radius 2 is 2.12 bits per heavy atom. The average Bonchev–Trinajstić information content (AvgIpc) is 3.08. The van der Waals surface area contributed by atoms with Crippen molar-refractivity contribution >= 4 is 12.0 Å². The van der Waals surface area contributed by atoms with Gasteiger partial charge in [-0.05, 0) is 24.1 Å². The first kappa shape index (κ1) is 15.9. The van der Waals surface area contributed by atoms with Crippen molar-refractivity contribution in [1.82, 2.24) is 0 Å². The molecular formula is C20H23ClN2O. The van der Waals surface area contributed by atoms with Gasteiger partial charge in [0, 0.05) is 35.7 Å². The third-order valence-electron chi connectivity index (χ3n) is 7.06. The van der Waals surface area contributed by atoms with E-state index in [2.05, 4.69) is 49.6 Å². The number of benzene rings is 1. The van der Waals surface area contributed by atoms with E-state index in [0.29, 0.717) is 12.0 Å². The van der Waals surface area contributed by atoms with E-state index in [1.165, 1.54) is 29.1 Å². The topological polar surface area (TPSA) is 29.1 Å². The van der Waals surface area contributed by atoms with Crippen molar-refractivity contribution in [3.63, 3.8) is 0 Å². The molecule has 2 fully saturated rings. The molecule has 5 rings (SSSR count). The number of likely N-dealkylation sites (N-methyl/N-ethyl adjacent to an activating group) is 1. The first-order valence-electron chi connectivity index (χ1n) is 8.70. The monoisotopic (exact) mass is 342 g/mol. The molecule has 0 amide bonds. The molecule has 1 aromatic carbocycles. The predicted octanol–water partition coefficient (Wildman–Crippen LogP) is 0.00560. The number of anilines is 1. The number of carbonyl (C=O) groups is 1. The largest absolute Gasteiger partial charge is 1.00 e. The molecule has 1 aliphatic carbocycles. The lowest BCUT2D eigenvalue weighted by atomic mass is 9.61. The van der Waals surface area contributed by atoms with Gasteiger partial charge in [-0.15, -0.1) is 0 Å². The zero-order valence-corrected chi connectivity index (χ0v) is 14.9. The number of carbonyl (C=O) groups excluding carboxylic acids is 1. The van der Waals surface area contributed by atoms with Crippen LogP contribution < -0.4 is 17.7 Å². The number of para-hydroxylation sites is 1. The van der Waals surface area contributed by atoms with Crippen LogP contribution in [0.3, 0.4) is 0 Å². The fraction of sp³-hybridized carbons (Fsp3) is 0.450. The zero-order valence-electron chi connectivity index (χ0n) is 14.2. The van der Waals surface area contributed by atoms with Gasteiger partial charge in [0.05, 0.1) is 19.0 Å². The van der Waals surface area contributed by atoms with E-state index in [1.54, 1.807) is 0 Å². The summed E-state index contributed by atoms with van der Waals surface area (Å²) in [4.78, 5) is 12.0. The van der Waals surface area contributed by atoms with E-state index in [9.17, 15) is 4.79 Å². The number of quaternary nitrogens is 1. The average molecular weight is 343 g/mol. The van der Waals surface area contributed by atoms with E-state index in [1.807, 2.05) is 0 Å². The van der Waals surface area contributed by atoms with Crippen LogP contribution in [0.2, 0.25) is 0 Å². The fourth-order valence-corrected chi connectivity index (χ4v) is 6.07. The molecule has 24 heavy (non-hydrogen) atoms. The van der Waals surface area contributed by atoms with Gasteiger partial charge in [0.25, 0.3) is 0 Å². The van der Waals surface area contributed by atoms with E-state index in [0.717, 1.165) is 35.7 Å². The van der Waals surface area contributed by atoms with Crippen molar-refractivity contribution < 1.29 is 21.7 Å². The molecule has 1 spiro atoms. The maximum Gasteiger partial charge on any atom is 0.148 e. The number of nitrogens with one attached hydrogen (secondary N) is 1. The highest BCUT2D eigenvalue weighted by Crippen LogP contribution is 2.62. The summed E-state index contributed by atoms with van der Waals surface area (Å²) in [6.07, 6.45) is 5.65. The smallest absolute Gasteiger partial charge is 0.148 e. The minimum atomic E-state index is 0. The van der Waals surface area contributed by atoms with Crippen molar-refractivity contribution in [2.24, 2.45) is 5.92 Å². The summed E-state index contributed by atoms with van der Waals surface area (Å²) in [7, 11) is 2.42. The van der Waals surface area contributed by atoms with Crippen LogP contribution in [0.1, 0.15) is 25.3 Å². The molecule has 4 atom stereocenters. The lowest BCUT2D eigenvalue weighted by Gasteiger charge is -2.51. The molecule has 0 aromatic heterocycles. The zero-order chi connectivity index (χ0) is 15.8. The minimum Gasteiger partial charge on any atom is -1.00 e. The summed E-state index contributed by atoms with van der Waals surface area (Å²) >= 11 is 0. The van der Waals surface area contributed by atoms with Gasteiger partial charge >= 0.3 is 0 Å². The number of hydrogen-bond donors (Lipinski definition) is 1. The summed E-state index contributed by atoms with van der Waals surface area (Å²) in [5, 5.41) is 3.66. The lowest BCUT2D eigenvalue weighted by Crippen LogP contribution is -3.00. The molecule has 3 aliphatic heterocycles. The highest BCUT2D eigenvalue weighted by Gasteiger charge is 2.67. The van der Waals surface area contributed by atoms with Gasteiger partial charge in [0.2, 0.25) is 0 Å². The number of aldehydes is 1. The SMILES string of the molecule is CC=C1C[N@+]2(C)CC[C@]34C(=C(C=O)[C@@H]1C[C@@H]32)Nc1ccccc14.[Cl-]. The number of hydrogen-bond acceptors (Lipinski definition) is 2. The van der Waals surface area contributed by atoms with Crippen LogP contribution in [0, 0.1) is 5.92 Å². The van der Waals surface area contributed by atoms with Crippen molar-refractivity contribution in [1.29, 1.82) is 0 Å². The summed E-state index contributed by atoms with van der Waals surface area (Å²) in [6, 6.07) is 9.27. The van der Waals surface area contributed by atoms with Gasteiger partial charge in [-0.25, -0.2) is 0 Å². The Kier molecular flexibility index (Phi) is 3.29. The van der Waals surface area contributed by atoms with Crippen LogP contribution in [0.4, 0.5) is 5.69 Å². The summed E-state index contributed by atoms with van der Waals surface area (Å²) in [5.74, 6) is 0.316. The maximum absolute atomic E-state index is 12.0. The van der Waals surface area contributed by atoms with Gasteiger partial charge in [0.1, 0.15) is 18.9 Å². The Bertz CT molecular complexity index is 799. The molecule has 1 N–H and O–H groups in total. The second-order valence-electron chi connectivity index (χ2n) is 7.87. The normalized spacial score (nSPS) is 39.8. The molecule has 0 saturated carbocycles. The van der Waals surface area contributed by atoms with Gasteiger partial charge in [-0.1, -0.05) is 24.3 Å². The van der Waals surface area contributed by atoms with E-state index < -0.39 is 0 Å². The van der Waals surface area contributed by atoms with Crippen LogP contribution in [0.5, 0.6) is 0 Å². The molecule has 2 bridgehead atoms. The molecule has 0 unspecified atom stereocenters. The Balaban J connectivity index is 0.00000146. The number of piperidine rings is 1.